The molecule has 0 aliphatic carbocycles. The van der Waals surface area contributed by atoms with Gasteiger partial charge in [-0.15, -0.1) is 11.3 Å². The molecule has 0 bridgehead atoms. The molecule has 0 spiro atoms. The molecule has 0 radical (unpaired) electrons. The van der Waals surface area contributed by atoms with Crippen LogP contribution in [0.25, 0.3) is 0 Å². The zero-order valence-electron chi connectivity index (χ0n) is 11.8. The molecule has 2 heterocycles. The molecule has 108 valence electrons. The van der Waals surface area contributed by atoms with Gasteiger partial charge < -0.3 is 10.1 Å². The zero-order chi connectivity index (χ0) is 14.5. The van der Waals surface area contributed by atoms with Crippen LogP contribution in [0.5, 0.6) is 0 Å². The molecule has 2 aromatic heterocycles. The van der Waals surface area contributed by atoms with E-state index >= 15 is 0 Å². The Labute approximate surface area is 121 Å². The Bertz CT molecular complexity index is 591. The number of hydrogen-bond donors (Lipinski definition) is 1. The standard InChI is InChI=1S/C13H18N4O2S/c1-4-19-12(18)5-11-8-20-13(15-11)14-6-10-7-17(3)16-9(10)2/h7-8H,4-6H2,1-3H3,(H,14,15). The highest BCUT2D eigenvalue weighted by Gasteiger charge is 2.09. The van der Waals surface area contributed by atoms with Gasteiger partial charge in [-0.05, 0) is 13.8 Å². The molecule has 2 aromatic rings. The lowest BCUT2D eigenvalue weighted by atomic mass is 10.3. The van der Waals surface area contributed by atoms with Gasteiger partial charge in [-0.2, -0.15) is 5.10 Å². The fourth-order valence-corrected chi connectivity index (χ4v) is 2.53. The fraction of sp³-hybridized carbons (Fsp3) is 0.462. The van der Waals surface area contributed by atoms with Crippen molar-refractivity contribution < 1.29 is 9.53 Å². The molecule has 0 saturated heterocycles. The summed E-state index contributed by atoms with van der Waals surface area (Å²) in [5.74, 6) is -0.243. The second-order valence-corrected chi connectivity index (χ2v) is 5.25. The van der Waals surface area contributed by atoms with E-state index in [-0.39, 0.29) is 12.4 Å². The number of anilines is 1. The minimum atomic E-state index is -0.243. The minimum absolute atomic E-state index is 0.220. The van der Waals surface area contributed by atoms with E-state index in [1.807, 2.05) is 25.5 Å². The average molecular weight is 294 g/mol. The number of rotatable bonds is 6. The molecule has 2 rings (SSSR count). The van der Waals surface area contributed by atoms with Crippen molar-refractivity contribution in [3.8, 4) is 0 Å². The molecule has 1 N–H and O–H groups in total. The largest absolute Gasteiger partial charge is 0.466 e. The van der Waals surface area contributed by atoms with Gasteiger partial charge >= 0.3 is 5.97 Å². The van der Waals surface area contributed by atoms with Crippen molar-refractivity contribution in [2.24, 2.45) is 7.05 Å². The predicted molar refractivity (Wildman–Crippen MR) is 77.7 cm³/mol. The van der Waals surface area contributed by atoms with E-state index in [9.17, 15) is 4.79 Å². The Balaban J connectivity index is 1.89. The molecule has 0 atom stereocenters. The lowest BCUT2D eigenvalue weighted by molar-refractivity contribution is -0.142. The van der Waals surface area contributed by atoms with Crippen molar-refractivity contribution in [1.82, 2.24) is 14.8 Å². The summed E-state index contributed by atoms with van der Waals surface area (Å²) in [4.78, 5) is 15.7. The first-order valence-corrected chi connectivity index (χ1v) is 7.29. The molecule has 20 heavy (non-hydrogen) atoms. The highest BCUT2D eigenvalue weighted by molar-refractivity contribution is 7.13. The van der Waals surface area contributed by atoms with E-state index in [1.165, 1.54) is 11.3 Å². The zero-order valence-corrected chi connectivity index (χ0v) is 12.7. The molecule has 0 fully saturated rings. The summed E-state index contributed by atoms with van der Waals surface area (Å²) < 4.78 is 6.69. The van der Waals surface area contributed by atoms with E-state index in [4.69, 9.17) is 4.74 Å². The maximum Gasteiger partial charge on any atom is 0.311 e. The monoisotopic (exact) mass is 294 g/mol. The number of esters is 1. The second kappa shape index (κ2) is 6.51. The van der Waals surface area contributed by atoms with Gasteiger partial charge in [-0.3, -0.25) is 9.48 Å². The minimum Gasteiger partial charge on any atom is -0.466 e. The van der Waals surface area contributed by atoms with Crippen LogP contribution in [-0.2, 0) is 29.5 Å². The van der Waals surface area contributed by atoms with Crippen molar-refractivity contribution in [1.29, 1.82) is 0 Å². The molecular weight excluding hydrogens is 276 g/mol. The third kappa shape index (κ3) is 3.80. The van der Waals surface area contributed by atoms with Gasteiger partial charge in [0.2, 0.25) is 0 Å². The van der Waals surface area contributed by atoms with E-state index in [0.717, 1.165) is 22.1 Å². The first kappa shape index (κ1) is 14.5. The number of nitrogens with one attached hydrogen (secondary N) is 1. The van der Waals surface area contributed by atoms with Gasteiger partial charge in [-0.25, -0.2) is 4.98 Å². The first-order chi connectivity index (χ1) is 9.58. The van der Waals surface area contributed by atoms with Crippen LogP contribution in [0.15, 0.2) is 11.6 Å². The molecule has 0 aliphatic heterocycles. The molecule has 0 amide bonds. The van der Waals surface area contributed by atoms with Gasteiger partial charge in [0.05, 0.1) is 24.4 Å². The maximum absolute atomic E-state index is 11.4. The average Bonchev–Trinajstić information content (AvgIpc) is 2.94. The lowest BCUT2D eigenvalue weighted by Gasteiger charge is -2.01. The third-order valence-corrected chi connectivity index (χ3v) is 3.58. The van der Waals surface area contributed by atoms with Crippen molar-refractivity contribution in [3.63, 3.8) is 0 Å². The number of carbonyl (C=O) groups excluding carboxylic acids is 1. The number of carbonyl (C=O) groups is 1. The molecular formula is C13H18N4O2S. The highest BCUT2D eigenvalue weighted by Crippen LogP contribution is 2.17. The van der Waals surface area contributed by atoms with Crippen LogP contribution in [0, 0.1) is 6.92 Å². The molecule has 0 aromatic carbocycles. The van der Waals surface area contributed by atoms with Gasteiger partial charge in [0.15, 0.2) is 5.13 Å². The quantitative estimate of drug-likeness (QED) is 0.824. The van der Waals surface area contributed by atoms with E-state index in [1.54, 1.807) is 11.6 Å². The third-order valence-electron chi connectivity index (χ3n) is 2.73. The molecule has 0 saturated carbocycles. The van der Waals surface area contributed by atoms with Crippen LogP contribution in [0.3, 0.4) is 0 Å². The van der Waals surface area contributed by atoms with Crippen LogP contribution in [-0.4, -0.2) is 27.3 Å². The summed E-state index contributed by atoms with van der Waals surface area (Å²) in [7, 11) is 1.90. The Morgan fingerprint density at radius 3 is 3.00 bits per heavy atom. The summed E-state index contributed by atoms with van der Waals surface area (Å²) in [5.41, 5.74) is 2.87. The summed E-state index contributed by atoms with van der Waals surface area (Å²) >= 11 is 1.48. The summed E-state index contributed by atoms with van der Waals surface area (Å²) in [6, 6.07) is 0. The topological polar surface area (TPSA) is 69.0 Å². The van der Waals surface area contributed by atoms with Crippen molar-refractivity contribution >= 4 is 22.4 Å². The van der Waals surface area contributed by atoms with E-state index in [0.29, 0.717) is 13.2 Å². The Kier molecular flexibility index (Phi) is 4.73. The Morgan fingerprint density at radius 1 is 1.55 bits per heavy atom. The number of hydrogen-bond acceptors (Lipinski definition) is 6. The summed E-state index contributed by atoms with van der Waals surface area (Å²) in [6.07, 6.45) is 2.20. The van der Waals surface area contributed by atoms with Gasteiger partial charge in [0.25, 0.3) is 0 Å². The Hall–Kier alpha value is -1.89. The number of aromatic nitrogens is 3. The summed E-state index contributed by atoms with van der Waals surface area (Å²) in [6.45, 7) is 4.84. The molecule has 0 unspecified atom stereocenters. The van der Waals surface area contributed by atoms with Crippen LogP contribution < -0.4 is 5.32 Å². The van der Waals surface area contributed by atoms with Gasteiger partial charge in [0, 0.05) is 30.7 Å². The SMILES string of the molecule is CCOC(=O)Cc1csc(NCc2cn(C)nc2C)n1. The molecule has 7 heteroatoms. The fourth-order valence-electron chi connectivity index (χ4n) is 1.82. The normalized spacial score (nSPS) is 10.6. The van der Waals surface area contributed by atoms with Crippen molar-refractivity contribution in [3.05, 3.63) is 28.5 Å². The van der Waals surface area contributed by atoms with Gasteiger partial charge in [-0.1, -0.05) is 0 Å². The molecule has 6 nitrogen and oxygen atoms in total. The smallest absolute Gasteiger partial charge is 0.311 e. The number of nitrogens with zero attached hydrogens (tertiary/aromatic N) is 3. The van der Waals surface area contributed by atoms with Crippen LogP contribution in [0.2, 0.25) is 0 Å². The highest BCUT2D eigenvalue weighted by atomic mass is 32.1. The van der Waals surface area contributed by atoms with Crippen LogP contribution in [0.4, 0.5) is 5.13 Å². The molecule has 0 aliphatic rings. The number of thiazole rings is 1. The second-order valence-electron chi connectivity index (χ2n) is 4.39. The van der Waals surface area contributed by atoms with Crippen LogP contribution in [0.1, 0.15) is 23.9 Å². The number of ether oxygens (including phenoxy) is 1. The lowest BCUT2D eigenvalue weighted by Crippen LogP contribution is -2.08. The van der Waals surface area contributed by atoms with Crippen molar-refractivity contribution in [2.75, 3.05) is 11.9 Å². The Morgan fingerprint density at radius 2 is 2.35 bits per heavy atom. The predicted octanol–water partition coefficient (Wildman–Crippen LogP) is 1.90. The van der Waals surface area contributed by atoms with E-state index < -0.39 is 0 Å². The first-order valence-electron chi connectivity index (χ1n) is 6.41. The maximum atomic E-state index is 11.4. The van der Waals surface area contributed by atoms with Gasteiger partial charge in [0.1, 0.15) is 0 Å². The summed E-state index contributed by atoms with van der Waals surface area (Å²) in [5, 5.41) is 10.2. The van der Waals surface area contributed by atoms with Crippen LogP contribution >= 0.6 is 11.3 Å². The number of aryl methyl sites for hydroxylation is 2. The van der Waals surface area contributed by atoms with E-state index in [2.05, 4.69) is 15.4 Å². The van der Waals surface area contributed by atoms with Crippen molar-refractivity contribution in [2.45, 2.75) is 26.8 Å².